The van der Waals surface area contributed by atoms with Gasteiger partial charge in [-0.25, -0.2) is 23.0 Å². The third-order valence-electron chi connectivity index (χ3n) is 4.81. The van der Waals surface area contributed by atoms with Crippen molar-refractivity contribution < 1.29 is 18.6 Å². The quantitative estimate of drug-likeness (QED) is 0.346. The second-order valence-electron chi connectivity index (χ2n) is 7.24. The van der Waals surface area contributed by atoms with E-state index in [9.17, 15) is 17.2 Å². The van der Waals surface area contributed by atoms with Gasteiger partial charge in [-0.15, -0.1) is 0 Å². The molecule has 0 saturated carbocycles. The van der Waals surface area contributed by atoms with Crippen LogP contribution in [-0.2, 0) is 17.1 Å². The normalized spacial score (nSPS) is 12.2. The van der Waals surface area contributed by atoms with Crippen LogP contribution in [0.4, 0.5) is 20.2 Å². The van der Waals surface area contributed by atoms with E-state index in [-0.39, 0.29) is 12.9 Å². The maximum atomic E-state index is 14.9. The van der Waals surface area contributed by atoms with Crippen molar-refractivity contribution in [1.29, 1.82) is 0 Å². The number of rotatable bonds is 8. The first kappa shape index (κ1) is 23.3. The molecule has 0 unspecified atom stereocenters. The molecule has 9 nitrogen and oxygen atoms in total. The van der Waals surface area contributed by atoms with E-state index in [1.54, 1.807) is 19.2 Å². The topological polar surface area (TPSA) is 124 Å². The van der Waals surface area contributed by atoms with E-state index < -0.39 is 33.0 Å². The van der Waals surface area contributed by atoms with Gasteiger partial charge in [0.15, 0.2) is 11.6 Å². The first-order valence-corrected chi connectivity index (χ1v) is 11.4. The molecule has 32 heavy (non-hydrogen) atoms. The van der Waals surface area contributed by atoms with Crippen molar-refractivity contribution in [2.45, 2.75) is 20.3 Å². The highest BCUT2D eigenvalue weighted by Crippen LogP contribution is 2.29. The molecule has 0 amide bonds. The summed E-state index contributed by atoms with van der Waals surface area (Å²) >= 11 is 0. The molecule has 0 spiro atoms. The molecule has 0 aliphatic heterocycles. The molecule has 0 radical (unpaired) electrons. The summed E-state index contributed by atoms with van der Waals surface area (Å²) in [6, 6.07) is 3.66. The van der Waals surface area contributed by atoms with Crippen molar-refractivity contribution in [1.82, 2.24) is 14.3 Å². The standard InChI is InChI=1S/C20H25F2N7O2S.H2/c1-4-7-32(30,31)26-18-6-5-16(21)20(19(18)22)28(24)12-17(23)14-8-15(10-25-9-14)29-11-13(2)27(29)3;/h5-6,8-12,26H,4,7,23-24H2,1-3H3;1H/b17-12-;. The number of pyridine rings is 1. The molecular weight excluding hydrogens is 440 g/mol. The second kappa shape index (κ2) is 9.01. The third-order valence-corrected chi connectivity index (χ3v) is 6.28. The Hall–Kier alpha value is -3.38. The zero-order valence-corrected chi connectivity index (χ0v) is 18.7. The summed E-state index contributed by atoms with van der Waals surface area (Å²) in [6.45, 7) is 3.62. The van der Waals surface area contributed by atoms with E-state index in [0.717, 1.165) is 29.7 Å². The summed E-state index contributed by atoms with van der Waals surface area (Å²) in [5, 5.41) is 0.671. The van der Waals surface area contributed by atoms with E-state index in [0.29, 0.717) is 17.0 Å². The summed E-state index contributed by atoms with van der Waals surface area (Å²) in [5.41, 5.74) is 7.40. The van der Waals surface area contributed by atoms with Gasteiger partial charge < -0.3 is 5.73 Å². The van der Waals surface area contributed by atoms with E-state index in [2.05, 4.69) is 9.71 Å². The minimum absolute atomic E-state index is 0. The Morgan fingerprint density at radius 3 is 2.69 bits per heavy atom. The van der Waals surface area contributed by atoms with E-state index in [1.165, 1.54) is 6.20 Å². The average molecular weight is 468 g/mol. The zero-order chi connectivity index (χ0) is 23.6. The average Bonchev–Trinajstić information content (AvgIpc) is 2.73. The summed E-state index contributed by atoms with van der Waals surface area (Å²) in [4.78, 5) is 4.15. The lowest BCUT2D eigenvalue weighted by molar-refractivity contribution is 0.557. The SMILES string of the molecule is CCCS(=O)(=O)Nc1ccc(F)c(N(N)/C=C(\N)c2cncc(-n3cc(C)n3C)c2)c1F.[HH]. The molecule has 2 heterocycles. The van der Waals surface area contributed by atoms with Gasteiger partial charge in [-0.2, -0.15) is 0 Å². The summed E-state index contributed by atoms with van der Waals surface area (Å²) < 4.78 is 59.1. The smallest absolute Gasteiger partial charge is 0.232 e. The molecule has 0 saturated heterocycles. The van der Waals surface area contributed by atoms with E-state index in [1.807, 2.05) is 29.5 Å². The Morgan fingerprint density at radius 1 is 1.34 bits per heavy atom. The van der Waals surface area contributed by atoms with Crippen LogP contribution in [0.3, 0.4) is 0 Å². The van der Waals surface area contributed by atoms with Crippen molar-refractivity contribution >= 4 is 27.1 Å². The molecule has 12 heteroatoms. The summed E-state index contributed by atoms with van der Waals surface area (Å²) in [7, 11) is -1.90. The van der Waals surface area contributed by atoms with Gasteiger partial charge in [0.25, 0.3) is 0 Å². The van der Waals surface area contributed by atoms with Crippen LogP contribution >= 0.6 is 0 Å². The van der Waals surface area contributed by atoms with Crippen molar-refractivity contribution in [2.75, 3.05) is 15.5 Å². The Bertz CT molecular complexity index is 1270. The van der Waals surface area contributed by atoms with Gasteiger partial charge in [0.2, 0.25) is 10.0 Å². The first-order valence-electron chi connectivity index (χ1n) is 9.70. The number of hydrazine groups is 1. The lowest BCUT2D eigenvalue weighted by atomic mass is 10.2. The Morgan fingerprint density at radius 2 is 2.06 bits per heavy atom. The Labute approximate surface area is 186 Å². The monoisotopic (exact) mass is 467 g/mol. The predicted molar refractivity (Wildman–Crippen MR) is 122 cm³/mol. The summed E-state index contributed by atoms with van der Waals surface area (Å²) in [6.07, 6.45) is 6.51. The number of nitrogens with zero attached hydrogens (tertiary/aromatic N) is 4. The van der Waals surface area contributed by atoms with Crippen LogP contribution in [-0.4, -0.2) is 28.5 Å². The molecule has 0 aliphatic rings. The largest absolute Gasteiger partial charge is 0.397 e. The fourth-order valence-electron chi connectivity index (χ4n) is 3.05. The van der Waals surface area contributed by atoms with Gasteiger partial charge in [-0.3, -0.25) is 24.1 Å². The van der Waals surface area contributed by atoms with Crippen molar-refractivity contribution in [3.05, 3.63) is 65.9 Å². The molecule has 3 aromatic rings. The molecule has 2 aromatic heterocycles. The predicted octanol–water partition coefficient (Wildman–Crippen LogP) is 2.83. The number of benzene rings is 1. The zero-order valence-electron chi connectivity index (χ0n) is 17.9. The Kier molecular flexibility index (Phi) is 6.55. The van der Waals surface area contributed by atoms with Crippen LogP contribution in [0.2, 0.25) is 0 Å². The number of halogens is 2. The van der Waals surface area contributed by atoms with E-state index in [4.69, 9.17) is 11.6 Å². The van der Waals surface area contributed by atoms with Crippen LogP contribution in [0.15, 0.2) is 43.0 Å². The van der Waals surface area contributed by atoms with Crippen LogP contribution in [0.5, 0.6) is 0 Å². The van der Waals surface area contributed by atoms with Crippen LogP contribution in [0.25, 0.3) is 11.4 Å². The van der Waals surface area contributed by atoms with Gasteiger partial charge in [-0.1, -0.05) is 6.92 Å². The van der Waals surface area contributed by atoms with Crippen molar-refractivity contribution in [3.8, 4) is 5.69 Å². The van der Waals surface area contributed by atoms with Crippen LogP contribution in [0.1, 0.15) is 26.0 Å². The minimum Gasteiger partial charge on any atom is -0.397 e. The number of sulfonamides is 1. The highest BCUT2D eigenvalue weighted by Gasteiger charge is 2.21. The highest BCUT2D eigenvalue weighted by molar-refractivity contribution is 7.92. The fraction of sp³-hybridized carbons (Fsp3) is 0.250. The van der Waals surface area contributed by atoms with E-state index >= 15 is 0 Å². The molecule has 0 fully saturated rings. The molecule has 174 valence electrons. The van der Waals surface area contributed by atoms with Gasteiger partial charge in [0.05, 0.1) is 34.7 Å². The molecule has 1 aromatic carbocycles. The number of aromatic nitrogens is 3. The summed E-state index contributed by atoms with van der Waals surface area (Å²) in [5.74, 6) is 3.52. The molecule has 0 atom stereocenters. The number of nitrogens with two attached hydrogens (primary N) is 2. The van der Waals surface area contributed by atoms with Crippen LogP contribution < -0.4 is 21.3 Å². The van der Waals surface area contributed by atoms with Crippen molar-refractivity contribution in [2.24, 2.45) is 18.6 Å². The molecule has 0 bridgehead atoms. The number of hydrogen-bond donors (Lipinski definition) is 3. The number of aryl methyl sites for hydroxylation is 1. The molecule has 0 aliphatic carbocycles. The van der Waals surface area contributed by atoms with Gasteiger partial charge in [0, 0.05) is 32.6 Å². The number of nitrogens with one attached hydrogen (secondary N) is 1. The first-order chi connectivity index (χ1) is 15.0. The minimum atomic E-state index is -3.78. The van der Waals surface area contributed by atoms with Gasteiger partial charge in [-0.05, 0) is 31.5 Å². The lowest BCUT2D eigenvalue weighted by Crippen LogP contribution is -2.28. The fourth-order valence-corrected chi connectivity index (χ4v) is 4.18. The van der Waals surface area contributed by atoms with Crippen molar-refractivity contribution in [3.63, 3.8) is 0 Å². The molecular formula is C20H27F2N7O2S. The third kappa shape index (κ3) is 4.75. The Balaban J connectivity index is 0.00000385. The van der Waals surface area contributed by atoms with Crippen LogP contribution in [0, 0.1) is 18.6 Å². The second-order valence-corrected chi connectivity index (χ2v) is 9.08. The maximum Gasteiger partial charge on any atom is 0.232 e. The molecule has 5 N–H and O–H groups in total. The maximum absolute atomic E-state index is 14.9. The highest BCUT2D eigenvalue weighted by atomic mass is 32.2. The molecule has 3 rings (SSSR count). The number of anilines is 2. The van der Waals surface area contributed by atoms with Gasteiger partial charge in [0.1, 0.15) is 5.69 Å². The number of hydrogen-bond acceptors (Lipinski definition) is 6. The lowest BCUT2D eigenvalue weighted by Gasteiger charge is -2.22. The van der Waals surface area contributed by atoms with Gasteiger partial charge >= 0.3 is 0 Å².